The summed E-state index contributed by atoms with van der Waals surface area (Å²) in [5.41, 5.74) is 3.54. The van der Waals surface area contributed by atoms with Crippen LogP contribution in [0.25, 0.3) is 0 Å². The van der Waals surface area contributed by atoms with Crippen molar-refractivity contribution in [3.05, 3.63) is 52.3 Å². The van der Waals surface area contributed by atoms with Gasteiger partial charge in [0.05, 0.1) is 21.5 Å². The molecule has 1 aromatic carbocycles. The van der Waals surface area contributed by atoms with E-state index in [4.69, 9.17) is 17.3 Å². The first-order chi connectivity index (χ1) is 16.1. The predicted octanol–water partition coefficient (Wildman–Crippen LogP) is 5.60. The van der Waals surface area contributed by atoms with Crippen LogP contribution in [0.15, 0.2) is 29.4 Å². The Balaban J connectivity index is 1.88. The number of ether oxygens (including phenoxy) is 1. The number of amidine groups is 1. The Morgan fingerprint density at radius 3 is 2.57 bits per heavy atom. The predicted molar refractivity (Wildman–Crippen MR) is 121 cm³/mol. The van der Waals surface area contributed by atoms with E-state index in [1.54, 1.807) is 6.92 Å². The summed E-state index contributed by atoms with van der Waals surface area (Å²) in [6.07, 6.45) is -3.74. The number of halogens is 7. The Morgan fingerprint density at radius 2 is 1.97 bits per heavy atom. The van der Waals surface area contributed by atoms with Gasteiger partial charge in [-0.25, -0.2) is 18.2 Å². The molecule has 0 bridgehead atoms. The van der Waals surface area contributed by atoms with Gasteiger partial charge in [0, 0.05) is 23.4 Å². The van der Waals surface area contributed by atoms with Crippen LogP contribution in [0.2, 0.25) is 5.02 Å². The number of carbonyl (C=O) groups excluding carboxylic acids is 1. The van der Waals surface area contributed by atoms with E-state index < -0.39 is 53.0 Å². The van der Waals surface area contributed by atoms with Crippen LogP contribution in [0, 0.1) is 11.6 Å². The van der Waals surface area contributed by atoms with Gasteiger partial charge in [-0.1, -0.05) is 23.4 Å². The molecule has 2 heterocycles. The average Bonchev–Trinajstić information content (AvgIpc) is 2.73. The summed E-state index contributed by atoms with van der Waals surface area (Å²) in [5.74, 6) is -3.82. The molecule has 1 amide bonds. The van der Waals surface area contributed by atoms with Crippen LogP contribution >= 0.6 is 23.4 Å². The largest absolute Gasteiger partial charge is 0.482 e. The topological polar surface area (TPSA) is 89.6 Å². The lowest BCUT2D eigenvalue weighted by Crippen LogP contribution is -2.42. The highest BCUT2D eigenvalue weighted by molar-refractivity contribution is 8.15. The van der Waals surface area contributed by atoms with E-state index in [0.717, 1.165) is 30.1 Å². The summed E-state index contributed by atoms with van der Waals surface area (Å²) in [4.78, 5) is 20.5. The molecule has 0 radical (unpaired) electrons. The maximum atomic E-state index is 14.8. The molecule has 0 spiro atoms. The van der Waals surface area contributed by atoms with E-state index >= 15 is 0 Å². The number of nitrogens with two attached hydrogens (primary N) is 1. The molecular formula is C21H19ClF6N4O2S. The first-order valence-electron chi connectivity index (χ1n) is 9.91. The van der Waals surface area contributed by atoms with Crippen LogP contribution in [0.4, 0.5) is 32.0 Å². The molecule has 35 heavy (non-hydrogen) atoms. The summed E-state index contributed by atoms with van der Waals surface area (Å²) in [7, 11) is 0. The Labute approximate surface area is 205 Å². The van der Waals surface area contributed by atoms with Crippen molar-refractivity contribution in [1.29, 1.82) is 0 Å². The number of nitrogens with zero attached hydrogens (tertiary/aromatic N) is 2. The molecule has 0 unspecified atom stereocenters. The number of rotatable bonds is 6. The summed E-state index contributed by atoms with van der Waals surface area (Å²) in [6.45, 7) is 0.666. The molecule has 3 rings (SSSR count). The Bertz CT molecular complexity index is 1180. The maximum absolute atomic E-state index is 14.8. The fourth-order valence-electron chi connectivity index (χ4n) is 3.63. The molecule has 6 nitrogen and oxygen atoms in total. The van der Waals surface area contributed by atoms with Crippen LogP contribution < -0.4 is 15.8 Å². The molecule has 1 aromatic heterocycles. The van der Waals surface area contributed by atoms with Gasteiger partial charge in [-0.2, -0.15) is 13.2 Å². The second-order valence-electron chi connectivity index (χ2n) is 8.27. The van der Waals surface area contributed by atoms with Crippen LogP contribution in [0.3, 0.4) is 0 Å². The van der Waals surface area contributed by atoms with Crippen molar-refractivity contribution >= 4 is 40.1 Å². The van der Waals surface area contributed by atoms with Gasteiger partial charge in [-0.3, -0.25) is 9.79 Å². The van der Waals surface area contributed by atoms with Crippen molar-refractivity contribution in [3.8, 4) is 5.75 Å². The number of alkyl halides is 4. The first-order valence-corrected chi connectivity index (χ1v) is 11.1. The number of thioether (sulfide) groups is 1. The number of nitrogens with one attached hydrogen (secondary N) is 1. The Hall–Kier alpha value is -2.67. The number of aromatic nitrogens is 1. The molecule has 1 aliphatic rings. The number of pyridine rings is 1. The normalized spacial score (nSPS) is 22.5. The number of amides is 1. The fraction of sp³-hybridized carbons (Fsp3) is 0.381. The van der Waals surface area contributed by atoms with Crippen molar-refractivity contribution < 1.29 is 35.9 Å². The zero-order valence-electron chi connectivity index (χ0n) is 18.3. The number of anilines is 1. The van der Waals surface area contributed by atoms with E-state index in [1.165, 1.54) is 6.92 Å². The monoisotopic (exact) mass is 540 g/mol. The smallest absolute Gasteiger partial charge is 0.422 e. The number of aliphatic imine (C=N–C) groups is 1. The van der Waals surface area contributed by atoms with E-state index in [-0.39, 0.29) is 33.6 Å². The lowest BCUT2D eigenvalue weighted by atomic mass is 9.83. The van der Waals surface area contributed by atoms with Gasteiger partial charge < -0.3 is 15.8 Å². The molecular weight excluding hydrogens is 522 g/mol. The van der Waals surface area contributed by atoms with E-state index in [9.17, 15) is 31.1 Å². The molecule has 0 aliphatic carbocycles. The molecule has 190 valence electrons. The van der Waals surface area contributed by atoms with E-state index in [0.29, 0.717) is 6.07 Å². The van der Waals surface area contributed by atoms with Gasteiger partial charge in [0.1, 0.15) is 18.1 Å². The van der Waals surface area contributed by atoms with Crippen LogP contribution in [0.5, 0.6) is 5.75 Å². The van der Waals surface area contributed by atoms with Crippen molar-refractivity contribution in [1.82, 2.24) is 4.98 Å². The quantitative estimate of drug-likeness (QED) is 0.466. The highest BCUT2D eigenvalue weighted by Gasteiger charge is 2.44. The van der Waals surface area contributed by atoms with Crippen molar-refractivity contribution in [2.45, 2.75) is 36.7 Å². The summed E-state index contributed by atoms with van der Waals surface area (Å²) in [6, 6.07) is 2.81. The zero-order chi connectivity index (χ0) is 26.2. The number of carbonyl (C=O) groups is 1. The van der Waals surface area contributed by atoms with Crippen molar-refractivity contribution in [3.63, 3.8) is 0 Å². The summed E-state index contributed by atoms with van der Waals surface area (Å²) in [5, 5.41) is 1.97. The minimum Gasteiger partial charge on any atom is -0.482 e. The minimum absolute atomic E-state index is 0.00281. The van der Waals surface area contributed by atoms with E-state index in [2.05, 4.69) is 20.0 Å². The maximum Gasteiger partial charge on any atom is 0.422 e. The fourth-order valence-corrected chi connectivity index (χ4v) is 5.03. The number of hydrogen-bond acceptors (Lipinski definition) is 6. The molecule has 2 aromatic rings. The van der Waals surface area contributed by atoms with Crippen molar-refractivity contribution in [2.75, 3.05) is 18.6 Å². The third-order valence-electron chi connectivity index (χ3n) is 5.01. The summed E-state index contributed by atoms with van der Waals surface area (Å²) >= 11 is 6.93. The molecule has 0 saturated carbocycles. The van der Waals surface area contributed by atoms with Gasteiger partial charge >= 0.3 is 6.18 Å². The number of benzene rings is 1. The van der Waals surface area contributed by atoms with Gasteiger partial charge in [0.15, 0.2) is 23.4 Å². The SMILES string of the molecule is C[C@]1(CF)C[C@@](C)(c2cc(NC(=O)c3ncc(OCC(F)(F)F)cc3Cl)cc(F)c2F)N=C(N)S1. The third-order valence-corrected chi connectivity index (χ3v) is 6.34. The van der Waals surface area contributed by atoms with Crippen molar-refractivity contribution in [2.24, 2.45) is 10.7 Å². The van der Waals surface area contributed by atoms with Crippen LogP contribution in [-0.4, -0.2) is 40.3 Å². The number of hydrogen-bond donors (Lipinski definition) is 2. The van der Waals surface area contributed by atoms with Gasteiger partial charge in [-0.15, -0.1) is 0 Å². The Kier molecular flexibility index (Phi) is 7.51. The minimum atomic E-state index is -4.59. The molecule has 2 atom stereocenters. The standard InChI is InChI=1S/C21H19ClF6N4O2S/c1-19(8-23)7-20(2,32-18(29)35-19)12-3-10(4-14(24)15(12)25)31-17(33)16-13(22)5-11(6-30-16)34-9-21(26,27)28/h3-6H,7-9H2,1-2H3,(H2,29,32)(H,31,33)/t19-,20+/m1/s1. The molecule has 0 fully saturated rings. The molecule has 0 saturated heterocycles. The molecule has 1 aliphatic heterocycles. The highest BCUT2D eigenvalue weighted by atomic mass is 35.5. The van der Waals surface area contributed by atoms with Crippen LogP contribution in [0.1, 0.15) is 36.3 Å². The first kappa shape index (κ1) is 26.9. The second-order valence-corrected chi connectivity index (χ2v) is 10.3. The lowest BCUT2D eigenvalue weighted by molar-refractivity contribution is -0.153. The third kappa shape index (κ3) is 6.31. The zero-order valence-corrected chi connectivity index (χ0v) is 19.8. The lowest BCUT2D eigenvalue weighted by Gasteiger charge is -2.39. The average molecular weight is 541 g/mol. The van der Waals surface area contributed by atoms with Gasteiger partial charge in [-0.05, 0) is 26.3 Å². The van der Waals surface area contributed by atoms with E-state index in [1.807, 2.05) is 0 Å². The summed E-state index contributed by atoms with van der Waals surface area (Å²) < 4.78 is 83.3. The second kappa shape index (κ2) is 9.76. The van der Waals surface area contributed by atoms with Gasteiger partial charge in [0.25, 0.3) is 5.91 Å². The Morgan fingerprint density at radius 1 is 1.29 bits per heavy atom. The van der Waals surface area contributed by atoms with Crippen LogP contribution in [-0.2, 0) is 5.54 Å². The molecule has 3 N–H and O–H groups in total. The molecule has 14 heteroatoms. The highest BCUT2D eigenvalue weighted by Crippen LogP contribution is 2.46. The van der Waals surface area contributed by atoms with Gasteiger partial charge in [0.2, 0.25) is 0 Å².